The van der Waals surface area contributed by atoms with Gasteiger partial charge in [-0.2, -0.15) is 0 Å². The Labute approximate surface area is 152 Å². The highest BCUT2D eigenvalue weighted by Gasteiger charge is 2.22. The van der Waals surface area contributed by atoms with E-state index in [2.05, 4.69) is 30.8 Å². The van der Waals surface area contributed by atoms with E-state index in [1.807, 2.05) is 18.2 Å². The summed E-state index contributed by atoms with van der Waals surface area (Å²) in [6, 6.07) is 9.28. The molecule has 128 valence electrons. The predicted molar refractivity (Wildman–Crippen MR) is 98.9 cm³/mol. The molecule has 3 heterocycles. The third-order valence-electron chi connectivity index (χ3n) is 4.33. The van der Waals surface area contributed by atoms with Crippen LogP contribution in [0, 0.1) is 0 Å². The molecule has 0 saturated carbocycles. The third-order valence-corrected chi connectivity index (χ3v) is 4.75. The van der Waals surface area contributed by atoms with Crippen LogP contribution in [0.2, 0.25) is 0 Å². The molecule has 2 aromatic heterocycles. The van der Waals surface area contributed by atoms with E-state index in [4.69, 9.17) is 10.2 Å². The number of hydrogen-bond donors (Lipinski definition) is 2. The van der Waals surface area contributed by atoms with E-state index in [9.17, 15) is 4.79 Å². The lowest BCUT2D eigenvalue weighted by Gasteiger charge is -2.26. The quantitative estimate of drug-likeness (QED) is 0.659. The molecule has 1 aliphatic heterocycles. The molecule has 0 spiro atoms. The molecule has 0 unspecified atom stereocenters. The maximum Gasteiger partial charge on any atom is 0.255 e. The number of hydrogen-bond acceptors (Lipinski definition) is 5. The molecule has 0 aliphatic carbocycles. The number of fused-ring (bicyclic) bond motifs is 1. The van der Waals surface area contributed by atoms with Crippen LogP contribution in [0.5, 0.6) is 0 Å². The molecule has 0 bridgehead atoms. The first kappa shape index (κ1) is 16.1. The van der Waals surface area contributed by atoms with Gasteiger partial charge in [0.25, 0.3) is 5.56 Å². The first-order valence-electron chi connectivity index (χ1n) is 8.02. The molecule has 1 aliphatic rings. The van der Waals surface area contributed by atoms with Crippen LogP contribution in [-0.2, 0) is 19.5 Å². The highest BCUT2D eigenvalue weighted by molar-refractivity contribution is 9.10. The largest absolute Gasteiger partial charge is 0.467 e. The molecule has 3 aromatic rings. The topological polar surface area (TPSA) is 88.1 Å². The Morgan fingerprint density at radius 2 is 2.12 bits per heavy atom. The van der Waals surface area contributed by atoms with Crippen LogP contribution in [0.3, 0.4) is 0 Å². The third kappa shape index (κ3) is 3.38. The standard InChI is InChI=1S/C18H17BrN4O2/c19-12-7-14(25-10-12)8-23-6-5-16-15(9-23)18(24)22-17(21-16)11-1-3-13(20)4-2-11/h1-4,7,10H,5-6,8-9,20H2,(H,21,22,24). The highest BCUT2D eigenvalue weighted by atomic mass is 79.9. The molecule has 0 radical (unpaired) electrons. The summed E-state index contributed by atoms with van der Waals surface area (Å²) in [6.07, 6.45) is 2.41. The zero-order valence-corrected chi connectivity index (χ0v) is 15.0. The second-order valence-corrected chi connectivity index (χ2v) is 7.07. The summed E-state index contributed by atoms with van der Waals surface area (Å²) in [5, 5.41) is 0. The molecule has 7 heteroatoms. The van der Waals surface area contributed by atoms with Gasteiger partial charge >= 0.3 is 0 Å². The zero-order valence-electron chi connectivity index (χ0n) is 13.5. The highest BCUT2D eigenvalue weighted by Crippen LogP contribution is 2.22. The minimum atomic E-state index is -0.0813. The van der Waals surface area contributed by atoms with Gasteiger partial charge in [0, 0.05) is 30.8 Å². The maximum absolute atomic E-state index is 12.5. The van der Waals surface area contributed by atoms with Crippen LogP contribution >= 0.6 is 15.9 Å². The van der Waals surface area contributed by atoms with Crippen molar-refractivity contribution in [2.45, 2.75) is 19.5 Å². The number of nitrogens with zero attached hydrogens (tertiary/aromatic N) is 2. The smallest absolute Gasteiger partial charge is 0.255 e. The number of furan rings is 1. The number of rotatable bonds is 3. The Morgan fingerprint density at radius 3 is 2.84 bits per heavy atom. The minimum Gasteiger partial charge on any atom is -0.467 e. The lowest BCUT2D eigenvalue weighted by atomic mass is 10.1. The Hall–Kier alpha value is -2.38. The van der Waals surface area contributed by atoms with Gasteiger partial charge < -0.3 is 15.1 Å². The summed E-state index contributed by atoms with van der Waals surface area (Å²) in [4.78, 5) is 22.3. The van der Waals surface area contributed by atoms with Crippen molar-refractivity contribution in [2.75, 3.05) is 12.3 Å². The van der Waals surface area contributed by atoms with E-state index in [0.29, 0.717) is 24.6 Å². The first-order chi connectivity index (χ1) is 12.1. The van der Waals surface area contributed by atoms with Gasteiger partial charge in [-0.1, -0.05) is 0 Å². The van der Waals surface area contributed by atoms with Crippen molar-refractivity contribution >= 4 is 21.6 Å². The van der Waals surface area contributed by atoms with Crippen molar-refractivity contribution in [2.24, 2.45) is 0 Å². The normalized spacial score (nSPS) is 14.4. The monoisotopic (exact) mass is 400 g/mol. The van der Waals surface area contributed by atoms with Gasteiger partial charge in [0.2, 0.25) is 0 Å². The molecule has 3 N–H and O–H groups in total. The van der Waals surface area contributed by atoms with Crippen molar-refractivity contribution in [1.82, 2.24) is 14.9 Å². The first-order valence-corrected chi connectivity index (χ1v) is 8.81. The fraction of sp³-hybridized carbons (Fsp3) is 0.222. The van der Waals surface area contributed by atoms with Gasteiger partial charge in [-0.15, -0.1) is 0 Å². The Kier molecular flexibility index (Phi) is 4.19. The fourth-order valence-electron chi connectivity index (χ4n) is 3.05. The Balaban J connectivity index is 1.59. The lowest BCUT2D eigenvalue weighted by Crippen LogP contribution is -2.35. The van der Waals surface area contributed by atoms with Crippen molar-refractivity contribution in [1.29, 1.82) is 0 Å². The average Bonchev–Trinajstić information content (AvgIpc) is 3.01. The van der Waals surface area contributed by atoms with Gasteiger partial charge in [-0.25, -0.2) is 4.98 Å². The summed E-state index contributed by atoms with van der Waals surface area (Å²) in [5.74, 6) is 1.46. The molecular formula is C18H17BrN4O2. The van der Waals surface area contributed by atoms with Crippen molar-refractivity contribution < 1.29 is 4.42 Å². The summed E-state index contributed by atoms with van der Waals surface area (Å²) in [6.45, 7) is 2.07. The van der Waals surface area contributed by atoms with E-state index in [1.165, 1.54) is 0 Å². The fourth-order valence-corrected chi connectivity index (χ4v) is 3.40. The number of aromatic nitrogens is 2. The Morgan fingerprint density at radius 1 is 1.32 bits per heavy atom. The summed E-state index contributed by atoms with van der Waals surface area (Å²) >= 11 is 3.38. The van der Waals surface area contributed by atoms with Crippen LogP contribution in [0.25, 0.3) is 11.4 Å². The van der Waals surface area contributed by atoms with Crippen LogP contribution in [0.4, 0.5) is 5.69 Å². The molecule has 4 rings (SSSR count). The molecule has 1 aromatic carbocycles. The van der Waals surface area contributed by atoms with Gasteiger partial charge in [0.1, 0.15) is 17.8 Å². The second kappa shape index (κ2) is 6.50. The lowest BCUT2D eigenvalue weighted by molar-refractivity contribution is 0.222. The number of nitrogens with one attached hydrogen (secondary N) is 1. The number of H-pyrrole nitrogens is 1. The summed E-state index contributed by atoms with van der Waals surface area (Å²) in [5.41, 5.74) is 8.78. The number of aromatic amines is 1. The van der Waals surface area contributed by atoms with Crippen LogP contribution in [0.1, 0.15) is 17.0 Å². The van der Waals surface area contributed by atoms with Crippen molar-refractivity contribution in [3.05, 3.63) is 68.4 Å². The maximum atomic E-state index is 12.5. The van der Waals surface area contributed by atoms with Crippen molar-refractivity contribution in [3.8, 4) is 11.4 Å². The van der Waals surface area contributed by atoms with Crippen LogP contribution in [-0.4, -0.2) is 21.4 Å². The summed E-state index contributed by atoms with van der Waals surface area (Å²) in [7, 11) is 0. The van der Waals surface area contributed by atoms with E-state index in [1.54, 1.807) is 18.4 Å². The molecular weight excluding hydrogens is 384 g/mol. The molecule has 0 fully saturated rings. The van der Waals surface area contributed by atoms with E-state index in [0.717, 1.165) is 40.0 Å². The van der Waals surface area contributed by atoms with Crippen molar-refractivity contribution in [3.63, 3.8) is 0 Å². The van der Waals surface area contributed by atoms with E-state index < -0.39 is 0 Å². The van der Waals surface area contributed by atoms with E-state index in [-0.39, 0.29) is 5.56 Å². The summed E-state index contributed by atoms with van der Waals surface area (Å²) < 4.78 is 6.40. The van der Waals surface area contributed by atoms with Gasteiger partial charge in [-0.3, -0.25) is 9.69 Å². The molecule has 25 heavy (non-hydrogen) atoms. The van der Waals surface area contributed by atoms with Crippen LogP contribution in [0.15, 0.2) is 50.3 Å². The van der Waals surface area contributed by atoms with Gasteiger partial charge in [0.15, 0.2) is 0 Å². The number of anilines is 1. The minimum absolute atomic E-state index is 0.0813. The van der Waals surface area contributed by atoms with Crippen LogP contribution < -0.4 is 11.3 Å². The number of benzene rings is 1. The Bertz CT molecular complexity index is 962. The molecule has 0 amide bonds. The zero-order chi connectivity index (χ0) is 17.4. The number of nitrogens with two attached hydrogens (primary N) is 1. The average molecular weight is 401 g/mol. The molecule has 0 saturated heterocycles. The number of halogens is 1. The van der Waals surface area contributed by atoms with Gasteiger partial charge in [-0.05, 0) is 46.3 Å². The SMILES string of the molecule is Nc1ccc(-c2nc3c(c(=O)[nH]2)CN(Cc2cc(Br)co2)CC3)cc1. The second-order valence-electron chi connectivity index (χ2n) is 6.15. The predicted octanol–water partition coefficient (Wildman–Crippen LogP) is 2.93. The molecule has 0 atom stereocenters. The molecule has 6 nitrogen and oxygen atoms in total. The van der Waals surface area contributed by atoms with Gasteiger partial charge in [0.05, 0.1) is 22.3 Å². The number of nitrogen functional groups attached to an aromatic ring is 1. The van der Waals surface area contributed by atoms with E-state index >= 15 is 0 Å².